The van der Waals surface area contributed by atoms with Crippen molar-refractivity contribution in [3.63, 3.8) is 0 Å². The number of hydrogen-bond donors (Lipinski definition) is 1. The number of benzene rings is 1. The molecule has 1 N–H and O–H groups in total. The van der Waals surface area contributed by atoms with E-state index in [1.54, 1.807) is 0 Å². The molecule has 1 aromatic carbocycles. The lowest BCUT2D eigenvalue weighted by Gasteiger charge is -2.37. The summed E-state index contributed by atoms with van der Waals surface area (Å²) >= 11 is 0. The highest BCUT2D eigenvalue weighted by Crippen LogP contribution is 2.30. The quantitative estimate of drug-likeness (QED) is 0.848. The van der Waals surface area contributed by atoms with Gasteiger partial charge in [0, 0.05) is 5.54 Å². The predicted molar refractivity (Wildman–Crippen MR) is 68.6 cm³/mol. The van der Waals surface area contributed by atoms with E-state index < -0.39 is 6.10 Å². The SMILES string of the molecule is Cc1cc(C)cc(C(O)C(C)(C)N(C)C)c1. The fraction of sp³-hybridized carbons (Fsp3) is 0.571. The van der Waals surface area contributed by atoms with Gasteiger partial charge in [-0.2, -0.15) is 0 Å². The van der Waals surface area contributed by atoms with Crippen LogP contribution >= 0.6 is 0 Å². The molecule has 1 unspecified atom stereocenters. The normalized spacial score (nSPS) is 14.2. The first kappa shape index (κ1) is 13.2. The first-order chi connectivity index (χ1) is 7.25. The zero-order chi connectivity index (χ0) is 12.5. The molecular weight excluding hydrogens is 198 g/mol. The Balaban J connectivity index is 3.09. The standard InChI is InChI=1S/C14H23NO/c1-10-7-11(2)9-12(8-10)13(16)14(3,4)15(5)6/h7-9,13,16H,1-6H3. The number of aliphatic hydroxyl groups excluding tert-OH is 1. The fourth-order valence-corrected chi connectivity index (χ4v) is 1.82. The highest BCUT2D eigenvalue weighted by atomic mass is 16.3. The van der Waals surface area contributed by atoms with Crippen LogP contribution in [0.1, 0.15) is 36.6 Å². The van der Waals surface area contributed by atoms with Crippen molar-refractivity contribution >= 4 is 0 Å². The fourth-order valence-electron chi connectivity index (χ4n) is 1.82. The lowest BCUT2D eigenvalue weighted by molar-refractivity contribution is 0.0163. The highest BCUT2D eigenvalue weighted by molar-refractivity contribution is 5.31. The second kappa shape index (κ2) is 4.56. The molecule has 0 fully saturated rings. The van der Waals surface area contributed by atoms with Gasteiger partial charge < -0.3 is 10.0 Å². The van der Waals surface area contributed by atoms with E-state index in [-0.39, 0.29) is 5.54 Å². The van der Waals surface area contributed by atoms with E-state index in [1.165, 1.54) is 11.1 Å². The molecule has 1 aromatic rings. The maximum atomic E-state index is 10.4. The predicted octanol–water partition coefficient (Wildman–Crippen LogP) is 2.68. The molecule has 90 valence electrons. The molecule has 0 saturated carbocycles. The molecule has 1 rings (SSSR count). The number of likely N-dealkylation sites (N-methyl/N-ethyl adjacent to an activating group) is 1. The molecule has 0 bridgehead atoms. The minimum Gasteiger partial charge on any atom is -0.386 e. The van der Waals surface area contributed by atoms with Crippen molar-refractivity contribution in [2.75, 3.05) is 14.1 Å². The lowest BCUT2D eigenvalue weighted by atomic mass is 9.89. The van der Waals surface area contributed by atoms with E-state index in [1.807, 2.05) is 14.1 Å². The van der Waals surface area contributed by atoms with Crippen LogP contribution in [0, 0.1) is 13.8 Å². The third-order valence-electron chi connectivity index (χ3n) is 3.38. The van der Waals surface area contributed by atoms with Crippen LogP contribution in [0.25, 0.3) is 0 Å². The van der Waals surface area contributed by atoms with Crippen molar-refractivity contribution < 1.29 is 5.11 Å². The van der Waals surface area contributed by atoms with Gasteiger partial charge in [0.2, 0.25) is 0 Å². The summed E-state index contributed by atoms with van der Waals surface area (Å²) in [6, 6.07) is 6.24. The Morgan fingerprint density at radius 1 is 1.06 bits per heavy atom. The molecule has 1 atom stereocenters. The molecule has 0 aliphatic carbocycles. The third kappa shape index (κ3) is 2.63. The van der Waals surface area contributed by atoms with Crippen molar-refractivity contribution in [3.8, 4) is 0 Å². The summed E-state index contributed by atoms with van der Waals surface area (Å²) in [4.78, 5) is 2.05. The average Bonchev–Trinajstić information content (AvgIpc) is 2.14. The van der Waals surface area contributed by atoms with Crippen molar-refractivity contribution in [2.24, 2.45) is 0 Å². The second-order valence-corrected chi connectivity index (χ2v) is 5.37. The molecule has 0 spiro atoms. The first-order valence-electron chi connectivity index (χ1n) is 5.69. The molecular formula is C14H23NO. The Labute approximate surface area is 98.9 Å². The van der Waals surface area contributed by atoms with Crippen LogP contribution in [0.5, 0.6) is 0 Å². The number of nitrogens with zero attached hydrogens (tertiary/aromatic N) is 1. The van der Waals surface area contributed by atoms with Crippen molar-refractivity contribution in [2.45, 2.75) is 39.3 Å². The molecule has 2 nitrogen and oxygen atoms in total. The molecule has 2 heteroatoms. The van der Waals surface area contributed by atoms with E-state index in [9.17, 15) is 5.11 Å². The van der Waals surface area contributed by atoms with Crippen molar-refractivity contribution in [3.05, 3.63) is 34.9 Å². The zero-order valence-electron chi connectivity index (χ0n) is 11.2. The Bertz CT molecular complexity index is 349. The molecule has 0 amide bonds. The van der Waals surface area contributed by atoms with Gasteiger partial charge in [-0.25, -0.2) is 0 Å². The van der Waals surface area contributed by atoms with Gasteiger partial charge in [0.1, 0.15) is 0 Å². The van der Waals surface area contributed by atoms with Gasteiger partial charge in [0.25, 0.3) is 0 Å². The molecule has 16 heavy (non-hydrogen) atoms. The second-order valence-electron chi connectivity index (χ2n) is 5.37. The maximum absolute atomic E-state index is 10.4. The van der Waals surface area contributed by atoms with Crippen molar-refractivity contribution in [1.29, 1.82) is 0 Å². The highest BCUT2D eigenvalue weighted by Gasteiger charge is 2.31. The number of rotatable bonds is 3. The third-order valence-corrected chi connectivity index (χ3v) is 3.38. The Kier molecular flexibility index (Phi) is 3.76. The van der Waals surface area contributed by atoms with Crippen LogP contribution in [-0.2, 0) is 0 Å². The van der Waals surface area contributed by atoms with Gasteiger partial charge in [-0.3, -0.25) is 0 Å². The first-order valence-corrected chi connectivity index (χ1v) is 5.69. The van der Waals surface area contributed by atoms with Crippen LogP contribution in [-0.4, -0.2) is 29.6 Å². The summed E-state index contributed by atoms with van der Waals surface area (Å²) in [7, 11) is 3.98. The summed E-state index contributed by atoms with van der Waals surface area (Å²) in [5.41, 5.74) is 3.13. The average molecular weight is 221 g/mol. The van der Waals surface area contributed by atoms with E-state index in [2.05, 4.69) is 50.8 Å². The van der Waals surface area contributed by atoms with Crippen LogP contribution in [0.2, 0.25) is 0 Å². The summed E-state index contributed by atoms with van der Waals surface area (Å²) < 4.78 is 0. The van der Waals surface area contributed by atoms with Crippen LogP contribution < -0.4 is 0 Å². The van der Waals surface area contributed by atoms with E-state index >= 15 is 0 Å². The topological polar surface area (TPSA) is 23.5 Å². The summed E-state index contributed by atoms with van der Waals surface area (Å²) in [5.74, 6) is 0. The Morgan fingerprint density at radius 2 is 1.50 bits per heavy atom. The lowest BCUT2D eigenvalue weighted by Crippen LogP contribution is -2.43. The van der Waals surface area contributed by atoms with Crippen LogP contribution in [0.3, 0.4) is 0 Å². The van der Waals surface area contributed by atoms with Gasteiger partial charge in [0.15, 0.2) is 0 Å². The van der Waals surface area contributed by atoms with Crippen molar-refractivity contribution in [1.82, 2.24) is 4.90 Å². The maximum Gasteiger partial charge on any atom is 0.0968 e. The van der Waals surface area contributed by atoms with Gasteiger partial charge in [-0.05, 0) is 47.4 Å². The number of aliphatic hydroxyl groups is 1. The largest absolute Gasteiger partial charge is 0.386 e. The number of aryl methyl sites for hydroxylation is 2. The summed E-state index contributed by atoms with van der Waals surface area (Å²) in [6.45, 7) is 8.22. The van der Waals surface area contributed by atoms with Gasteiger partial charge in [-0.15, -0.1) is 0 Å². The smallest absolute Gasteiger partial charge is 0.0968 e. The zero-order valence-corrected chi connectivity index (χ0v) is 11.2. The molecule has 0 saturated heterocycles. The molecule has 0 radical (unpaired) electrons. The van der Waals surface area contributed by atoms with E-state index in [4.69, 9.17) is 0 Å². The minimum absolute atomic E-state index is 0.264. The van der Waals surface area contributed by atoms with E-state index in [0.29, 0.717) is 0 Å². The minimum atomic E-state index is -0.471. The molecule has 0 aliphatic rings. The Morgan fingerprint density at radius 3 is 1.88 bits per heavy atom. The van der Waals surface area contributed by atoms with Crippen LogP contribution in [0.4, 0.5) is 0 Å². The van der Waals surface area contributed by atoms with Gasteiger partial charge >= 0.3 is 0 Å². The Hall–Kier alpha value is -0.860. The van der Waals surface area contributed by atoms with Crippen LogP contribution in [0.15, 0.2) is 18.2 Å². The number of hydrogen-bond acceptors (Lipinski definition) is 2. The van der Waals surface area contributed by atoms with Gasteiger partial charge in [0.05, 0.1) is 6.10 Å². The summed E-state index contributed by atoms with van der Waals surface area (Å²) in [6.07, 6.45) is -0.471. The van der Waals surface area contributed by atoms with Gasteiger partial charge in [-0.1, -0.05) is 29.3 Å². The summed E-state index contributed by atoms with van der Waals surface area (Å²) in [5, 5.41) is 10.4. The molecule has 0 aromatic heterocycles. The monoisotopic (exact) mass is 221 g/mol. The molecule has 0 aliphatic heterocycles. The molecule has 0 heterocycles. The van der Waals surface area contributed by atoms with E-state index in [0.717, 1.165) is 5.56 Å².